The summed E-state index contributed by atoms with van der Waals surface area (Å²) in [5, 5.41) is 2.00. The van der Waals surface area contributed by atoms with E-state index in [9.17, 15) is 0 Å². The number of fused-ring (bicyclic) bond motifs is 2. The van der Waals surface area contributed by atoms with E-state index in [2.05, 4.69) is 0 Å². The average Bonchev–Trinajstić information content (AvgIpc) is 3.23. The topological polar surface area (TPSA) is 44.7 Å². The molecule has 2 heterocycles. The molecule has 0 amide bonds. The maximum atomic E-state index is 6.69. The van der Waals surface area contributed by atoms with Crippen LogP contribution in [0.3, 0.4) is 0 Å². The molecule has 6 heteroatoms. The molecular formula is C24H29BLiO4-. The average molecular weight is 399 g/mol. The minimum atomic E-state index is -2.23. The minimum absolute atomic E-state index is 0. The van der Waals surface area contributed by atoms with Crippen molar-refractivity contribution >= 4 is 39.8 Å². The van der Waals surface area contributed by atoms with Gasteiger partial charge in [-0.05, 0) is 65.8 Å². The van der Waals surface area contributed by atoms with E-state index in [4.69, 9.17) is 18.1 Å². The smallest absolute Gasteiger partial charge is 1.00 e. The quantitative estimate of drug-likeness (QED) is 0.495. The summed E-state index contributed by atoms with van der Waals surface area (Å²) in [7, 11) is 0. The summed E-state index contributed by atoms with van der Waals surface area (Å²) < 4.78 is 26.0. The Morgan fingerprint density at radius 2 is 1.03 bits per heavy atom. The number of para-hydroxylation sites is 2. The van der Waals surface area contributed by atoms with Gasteiger partial charge < -0.3 is 19.6 Å². The van der Waals surface area contributed by atoms with Crippen LogP contribution < -0.4 is 30.2 Å². The van der Waals surface area contributed by atoms with Gasteiger partial charge in [-0.15, -0.1) is 0 Å². The summed E-state index contributed by atoms with van der Waals surface area (Å²) in [6.45, 7) is 9.86. The molecule has 0 aliphatic rings. The Bertz CT molecular complexity index is 996. The zero-order valence-electron chi connectivity index (χ0n) is 20.0. The fraction of sp³-hybridized carbons (Fsp3) is 0.333. The van der Waals surface area contributed by atoms with Crippen molar-refractivity contribution in [3.63, 3.8) is 0 Å². The molecule has 4 aromatic rings. The third-order valence-corrected chi connectivity index (χ3v) is 4.68. The number of hydrogen-bond donors (Lipinski definition) is 0. The molecule has 0 bridgehead atoms. The van der Waals surface area contributed by atoms with Gasteiger partial charge in [0.2, 0.25) is 0 Å². The Kier molecular flexibility index (Phi) is 6.06. The summed E-state index contributed by atoms with van der Waals surface area (Å²) in [6, 6.07) is 19.9. The van der Waals surface area contributed by atoms with Crippen LogP contribution in [-0.4, -0.2) is 17.8 Å². The van der Waals surface area contributed by atoms with Crippen molar-refractivity contribution < 1.29 is 38.4 Å². The van der Waals surface area contributed by atoms with Gasteiger partial charge >= 0.3 is 25.4 Å². The fourth-order valence-corrected chi connectivity index (χ4v) is 3.77. The molecule has 0 saturated carbocycles. The largest absolute Gasteiger partial charge is 1.00 e. The van der Waals surface area contributed by atoms with E-state index >= 15 is 0 Å². The van der Waals surface area contributed by atoms with E-state index in [-0.39, 0.29) is 20.3 Å². The summed E-state index contributed by atoms with van der Waals surface area (Å²) in [5.74, 6) is 0. The van der Waals surface area contributed by atoms with Crippen molar-refractivity contribution in [2.45, 2.75) is 52.7 Å². The van der Waals surface area contributed by atoms with Crippen LogP contribution >= 0.6 is 0 Å². The monoisotopic (exact) mass is 399 g/mol. The Morgan fingerprint density at radius 1 is 0.667 bits per heavy atom. The maximum absolute atomic E-state index is 6.69. The maximum Gasteiger partial charge on any atom is 1.00 e. The molecular weight excluding hydrogens is 370 g/mol. The van der Waals surface area contributed by atoms with E-state index < -0.39 is 17.8 Å². The van der Waals surface area contributed by atoms with E-state index in [1.165, 1.54) is 0 Å². The SMILES string of the molecule is CC(C)(C)O[B-](OC(C)(C)C)(c1cc2ccccc2o1)c1cc2ccccc2o1.[H-].[Li+]. The van der Waals surface area contributed by atoms with Gasteiger partial charge in [-0.2, -0.15) is 0 Å². The Hall–Kier alpha value is -1.90. The van der Waals surface area contributed by atoms with Gasteiger partial charge in [0.05, 0.1) is 0 Å². The molecule has 2 aromatic carbocycles. The Morgan fingerprint density at radius 3 is 1.37 bits per heavy atom. The predicted octanol–water partition coefficient (Wildman–Crippen LogP) is 2.48. The molecule has 0 fully saturated rings. The zero-order valence-corrected chi connectivity index (χ0v) is 19.0. The van der Waals surface area contributed by atoms with Gasteiger partial charge in [0.25, 0.3) is 0 Å². The van der Waals surface area contributed by atoms with Crippen molar-refractivity contribution in [3.05, 3.63) is 60.7 Å². The van der Waals surface area contributed by atoms with Crippen molar-refractivity contribution in [1.82, 2.24) is 0 Å². The van der Waals surface area contributed by atoms with Crippen LogP contribution in [0.25, 0.3) is 21.9 Å². The first-order valence-corrected chi connectivity index (χ1v) is 10.1. The van der Waals surface area contributed by atoms with Crippen LogP contribution in [0.4, 0.5) is 0 Å². The molecule has 0 aliphatic carbocycles. The van der Waals surface area contributed by atoms with E-state index in [1.807, 2.05) is 102 Å². The van der Waals surface area contributed by atoms with E-state index in [0.29, 0.717) is 11.3 Å². The van der Waals surface area contributed by atoms with Gasteiger partial charge in [0.15, 0.2) is 0 Å². The van der Waals surface area contributed by atoms with Gasteiger partial charge in [-0.1, -0.05) is 36.4 Å². The molecule has 30 heavy (non-hydrogen) atoms. The van der Waals surface area contributed by atoms with Gasteiger partial charge in [0, 0.05) is 33.3 Å². The van der Waals surface area contributed by atoms with Crippen LogP contribution in [0, 0.1) is 0 Å². The molecule has 0 atom stereocenters. The third-order valence-electron chi connectivity index (χ3n) is 4.68. The summed E-state index contributed by atoms with van der Waals surface area (Å²) in [6.07, 6.45) is 0. The minimum Gasteiger partial charge on any atom is -1.00 e. The second kappa shape index (κ2) is 7.98. The van der Waals surface area contributed by atoms with E-state index in [0.717, 1.165) is 21.9 Å². The second-order valence-corrected chi connectivity index (χ2v) is 9.55. The molecule has 0 aliphatic heterocycles. The number of furan rings is 2. The van der Waals surface area contributed by atoms with Crippen molar-refractivity contribution in [2.75, 3.05) is 0 Å². The summed E-state index contributed by atoms with van der Waals surface area (Å²) in [4.78, 5) is 0. The molecule has 0 N–H and O–H groups in total. The Labute approximate surface area is 191 Å². The molecule has 0 saturated heterocycles. The first kappa shape index (κ1) is 22.8. The number of rotatable bonds is 4. The first-order valence-electron chi connectivity index (χ1n) is 10.1. The third kappa shape index (κ3) is 4.55. The van der Waals surface area contributed by atoms with Crippen molar-refractivity contribution in [3.8, 4) is 0 Å². The van der Waals surface area contributed by atoms with Crippen molar-refractivity contribution in [1.29, 1.82) is 0 Å². The molecule has 154 valence electrons. The fourth-order valence-electron chi connectivity index (χ4n) is 3.77. The standard InChI is InChI=1S/C24H28BO4.Li.H/c1-23(2,3)28-25(29-24(4,5)6,21-15-17-11-7-9-13-19(17)26-21)22-16-18-12-8-10-14-20(18)27-22;;/h7-16H,1-6H3;;/q-1;+1;-1. The first-order chi connectivity index (χ1) is 13.6. The van der Waals surface area contributed by atoms with Crippen LogP contribution in [-0.2, 0) is 9.31 Å². The number of hydrogen-bond acceptors (Lipinski definition) is 4. The summed E-state index contributed by atoms with van der Waals surface area (Å²) in [5.41, 5.74) is 1.83. The van der Waals surface area contributed by atoms with Crippen LogP contribution in [0.2, 0.25) is 0 Å². The Balaban J connectivity index is 0.00000171. The predicted molar refractivity (Wildman–Crippen MR) is 120 cm³/mol. The molecule has 2 aromatic heterocycles. The van der Waals surface area contributed by atoms with E-state index in [1.54, 1.807) is 0 Å². The van der Waals surface area contributed by atoms with Gasteiger partial charge in [-0.25, -0.2) is 0 Å². The molecule has 4 nitrogen and oxygen atoms in total. The van der Waals surface area contributed by atoms with Crippen molar-refractivity contribution in [2.24, 2.45) is 0 Å². The van der Waals surface area contributed by atoms with Crippen LogP contribution in [0.5, 0.6) is 0 Å². The number of benzene rings is 2. The van der Waals surface area contributed by atoms with Gasteiger partial charge in [-0.3, -0.25) is 0 Å². The molecule has 0 spiro atoms. The second-order valence-electron chi connectivity index (χ2n) is 9.55. The normalized spacial score (nSPS) is 13.0. The molecule has 0 radical (unpaired) electrons. The van der Waals surface area contributed by atoms with Crippen LogP contribution in [0.15, 0.2) is 69.5 Å². The van der Waals surface area contributed by atoms with Crippen LogP contribution in [0.1, 0.15) is 43.0 Å². The molecule has 4 rings (SSSR count). The molecule has 0 unspecified atom stereocenters. The summed E-state index contributed by atoms with van der Waals surface area (Å²) >= 11 is 0. The zero-order chi connectivity index (χ0) is 20.9. The van der Waals surface area contributed by atoms with Gasteiger partial charge in [0.1, 0.15) is 11.2 Å².